The fourth-order valence-corrected chi connectivity index (χ4v) is 2.10. The maximum absolute atomic E-state index is 12.2. The Balaban J connectivity index is 2.01. The number of hydrogen-bond donors (Lipinski definition) is 2. The molecule has 2 amide bonds. The zero-order chi connectivity index (χ0) is 13.8. The molecule has 1 aromatic carbocycles. The molecule has 102 valence electrons. The first-order valence-electron chi connectivity index (χ1n) is 6.50. The van der Waals surface area contributed by atoms with Crippen LogP contribution < -0.4 is 16.0 Å². The molecule has 2 unspecified atom stereocenters. The van der Waals surface area contributed by atoms with E-state index in [2.05, 4.69) is 5.32 Å². The van der Waals surface area contributed by atoms with Crippen LogP contribution in [0.1, 0.15) is 13.3 Å². The van der Waals surface area contributed by atoms with Gasteiger partial charge < -0.3 is 16.0 Å². The largest absolute Gasteiger partial charge is 0.344 e. The number of carbonyl (C=O) groups is 2. The van der Waals surface area contributed by atoms with Crippen LogP contribution in [0.3, 0.4) is 0 Å². The van der Waals surface area contributed by atoms with Crippen molar-refractivity contribution in [2.24, 2.45) is 11.7 Å². The lowest BCUT2D eigenvalue weighted by atomic mass is 10.1. The number of nitrogens with two attached hydrogens (primary N) is 1. The average Bonchev–Trinajstić information content (AvgIpc) is 2.80. The Kier molecular flexibility index (Phi) is 4.16. The van der Waals surface area contributed by atoms with Gasteiger partial charge in [-0.15, -0.1) is 0 Å². The molecule has 1 heterocycles. The van der Waals surface area contributed by atoms with Crippen molar-refractivity contribution < 1.29 is 9.59 Å². The molecule has 3 N–H and O–H groups in total. The van der Waals surface area contributed by atoms with Crippen LogP contribution in [0.15, 0.2) is 30.3 Å². The van der Waals surface area contributed by atoms with Crippen molar-refractivity contribution in [3.8, 4) is 0 Å². The van der Waals surface area contributed by atoms with E-state index >= 15 is 0 Å². The number of amides is 2. The molecule has 5 nitrogen and oxygen atoms in total. The summed E-state index contributed by atoms with van der Waals surface area (Å²) in [5.74, 6) is -0.474. The molecular weight excluding hydrogens is 242 g/mol. The molecule has 2 rings (SSSR count). The van der Waals surface area contributed by atoms with Crippen molar-refractivity contribution in [2.75, 3.05) is 18.0 Å². The highest BCUT2D eigenvalue weighted by atomic mass is 16.2. The van der Waals surface area contributed by atoms with Crippen molar-refractivity contribution in [3.05, 3.63) is 30.3 Å². The number of carbonyl (C=O) groups excluding carboxylic acids is 2. The summed E-state index contributed by atoms with van der Waals surface area (Å²) in [4.78, 5) is 25.7. The van der Waals surface area contributed by atoms with E-state index in [1.54, 1.807) is 11.8 Å². The van der Waals surface area contributed by atoms with Gasteiger partial charge in [-0.2, -0.15) is 0 Å². The number of nitrogens with zero attached hydrogens (tertiary/aromatic N) is 1. The summed E-state index contributed by atoms with van der Waals surface area (Å²) >= 11 is 0. The van der Waals surface area contributed by atoms with Gasteiger partial charge in [0.2, 0.25) is 11.8 Å². The molecule has 5 heteroatoms. The first-order valence-corrected chi connectivity index (χ1v) is 6.50. The van der Waals surface area contributed by atoms with Gasteiger partial charge in [-0.05, 0) is 18.6 Å². The van der Waals surface area contributed by atoms with Crippen molar-refractivity contribution >= 4 is 17.5 Å². The number of anilines is 1. The van der Waals surface area contributed by atoms with Crippen LogP contribution >= 0.6 is 0 Å². The smallest absolute Gasteiger partial charge is 0.249 e. The zero-order valence-corrected chi connectivity index (χ0v) is 11.0. The van der Waals surface area contributed by atoms with Gasteiger partial charge >= 0.3 is 0 Å². The van der Waals surface area contributed by atoms with E-state index in [4.69, 9.17) is 5.73 Å². The third kappa shape index (κ3) is 2.93. The van der Waals surface area contributed by atoms with Crippen LogP contribution in [0.5, 0.6) is 0 Å². The predicted molar refractivity (Wildman–Crippen MR) is 73.6 cm³/mol. The lowest BCUT2D eigenvalue weighted by molar-refractivity contribution is -0.128. The molecule has 1 aliphatic heterocycles. The molecule has 0 aliphatic carbocycles. The quantitative estimate of drug-likeness (QED) is 0.829. The van der Waals surface area contributed by atoms with Gasteiger partial charge in [-0.25, -0.2) is 0 Å². The Hall–Kier alpha value is -1.88. The van der Waals surface area contributed by atoms with Gasteiger partial charge in [0.15, 0.2) is 0 Å². The summed E-state index contributed by atoms with van der Waals surface area (Å²) < 4.78 is 0. The van der Waals surface area contributed by atoms with E-state index in [1.807, 2.05) is 30.3 Å². The van der Waals surface area contributed by atoms with Gasteiger partial charge in [0.05, 0.1) is 0 Å². The van der Waals surface area contributed by atoms with Gasteiger partial charge in [-0.1, -0.05) is 25.1 Å². The second-order valence-corrected chi connectivity index (χ2v) is 4.81. The monoisotopic (exact) mass is 261 g/mol. The van der Waals surface area contributed by atoms with Gasteiger partial charge in [-0.3, -0.25) is 9.59 Å². The Bertz CT molecular complexity index is 461. The van der Waals surface area contributed by atoms with Gasteiger partial charge in [0, 0.05) is 24.7 Å². The van der Waals surface area contributed by atoms with E-state index in [9.17, 15) is 9.59 Å². The summed E-state index contributed by atoms with van der Waals surface area (Å²) in [5.41, 5.74) is 6.32. The van der Waals surface area contributed by atoms with Crippen molar-refractivity contribution in [2.45, 2.75) is 19.4 Å². The minimum Gasteiger partial charge on any atom is -0.344 e. The van der Waals surface area contributed by atoms with E-state index in [1.165, 1.54) is 0 Å². The van der Waals surface area contributed by atoms with Crippen LogP contribution in [0.25, 0.3) is 0 Å². The lowest BCUT2D eigenvalue weighted by Crippen LogP contribution is -2.44. The summed E-state index contributed by atoms with van der Waals surface area (Å²) in [6, 6.07) is 9.05. The lowest BCUT2D eigenvalue weighted by Gasteiger charge is -2.18. The number of benzene rings is 1. The van der Waals surface area contributed by atoms with E-state index < -0.39 is 6.04 Å². The molecule has 0 radical (unpaired) electrons. The normalized spacial score (nSPS) is 20.4. The van der Waals surface area contributed by atoms with Gasteiger partial charge in [0.25, 0.3) is 0 Å². The Morgan fingerprint density at radius 3 is 2.79 bits per heavy atom. The fourth-order valence-electron chi connectivity index (χ4n) is 2.10. The standard InChI is InChI=1S/C14H19N3O2/c1-10(9-15)13(18)16-12-7-8-17(14(12)19)11-5-3-2-4-6-11/h2-6,10,12H,7-9,15H2,1H3,(H,16,18). The van der Waals surface area contributed by atoms with Gasteiger partial charge in [0.1, 0.15) is 6.04 Å². The number of hydrogen-bond acceptors (Lipinski definition) is 3. The fraction of sp³-hybridized carbons (Fsp3) is 0.429. The highest BCUT2D eigenvalue weighted by Gasteiger charge is 2.33. The summed E-state index contributed by atoms with van der Waals surface area (Å²) in [7, 11) is 0. The number of para-hydroxylation sites is 1. The third-order valence-corrected chi connectivity index (χ3v) is 3.39. The summed E-state index contributed by atoms with van der Waals surface area (Å²) in [6.07, 6.45) is 0.636. The molecular formula is C14H19N3O2. The molecule has 1 saturated heterocycles. The van der Waals surface area contributed by atoms with E-state index in [0.29, 0.717) is 13.0 Å². The average molecular weight is 261 g/mol. The second-order valence-electron chi connectivity index (χ2n) is 4.81. The summed E-state index contributed by atoms with van der Waals surface area (Å²) in [5, 5.41) is 2.77. The molecule has 0 saturated carbocycles. The predicted octanol–water partition coefficient (Wildman–Crippen LogP) is 0.503. The molecule has 0 bridgehead atoms. The Morgan fingerprint density at radius 1 is 1.47 bits per heavy atom. The van der Waals surface area contributed by atoms with E-state index in [-0.39, 0.29) is 24.3 Å². The minimum absolute atomic E-state index is 0.0521. The van der Waals surface area contributed by atoms with Crippen LogP contribution in [-0.4, -0.2) is 30.9 Å². The van der Waals surface area contributed by atoms with Crippen LogP contribution in [0, 0.1) is 5.92 Å². The van der Waals surface area contributed by atoms with E-state index in [0.717, 1.165) is 5.69 Å². The molecule has 1 aromatic rings. The van der Waals surface area contributed by atoms with Crippen molar-refractivity contribution in [3.63, 3.8) is 0 Å². The Labute approximate surface area is 112 Å². The molecule has 0 spiro atoms. The highest BCUT2D eigenvalue weighted by molar-refractivity contribution is 6.01. The SMILES string of the molecule is CC(CN)C(=O)NC1CCN(c2ccccc2)C1=O. The third-order valence-electron chi connectivity index (χ3n) is 3.39. The van der Waals surface area contributed by atoms with Crippen LogP contribution in [0.4, 0.5) is 5.69 Å². The second kappa shape index (κ2) is 5.84. The first-order chi connectivity index (χ1) is 9.13. The Morgan fingerprint density at radius 2 is 2.16 bits per heavy atom. The molecule has 2 atom stereocenters. The van der Waals surface area contributed by atoms with Crippen LogP contribution in [0.2, 0.25) is 0 Å². The van der Waals surface area contributed by atoms with Crippen molar-refractivity contribution in [1.82, 2.24) is 5.32 Å². The summed E-state index contributed by atoms with van der Waals surface area (Å²) in [6.45, 7) is 2.67. The maximum Gasteiger partial charge on any atom is 0.249 e. The molecule has 1 aliphatic rings. The molecule has 19 heavy (non-hydrogen) atoms. The maximum atomic E-state index is 12.2. The number of nitrogens with one attached hydrogen (secondary N) is 1. The zero-order valence-electron chi connectivity index (χ0n) is 11.0. The van der Waals surface area contributed by atoms with Crippen molar-refractivity contribution in [1.29, 1.82) is 0 Å². The molecule has 0 aromatic heterocycles. The minimum atomic E-state index is -0.429. The first kappa shape index (κ1) is 13.5. The molecule has 1 fully saturated rings. The van der Waals surface area contributed by atoms with Crippen LogP contribution in [-0.2, 0) is 9.59 Å². The topological polar surface area (TPSA) is 75.4 Å². The number of rotatable bonds is 4. The highest BCUT2D eigenvalue weighted by Crippen LogP contribution is 2.21.